The molecule has 2 unspecified atom stereocenters. The van der Waals surface area contributed by atoms with Crippen molar-refractivity contribution in [1.82, 2.24) is 0 Å². The topological polar surface area (TPSA) is 63.6 Å². The van der Waals surface area contributed by atoms with E-state index >= 15 is 0 Å². The van der Waals surface area contributed by atoms with E-state index in [1.54, 1.807) is 12.1 Å². The van der Waals surface area contributed by atoms with Gasteiger partial charge >= 0.3 is 5.97 Å². The fraction of sp³-hybridized carbons (Fsp3) is 0.444. The number of halogens is 1. The standard InChI is InChI=1S/C18H21ClO4/c1-12(17(19)21)9-13-5-4-6-14(10-13)11-23-18(22)15-7-2-3-8-16(15)20/h2-3,7-8,13-14,20H,1,4-6,9-11H2. The van der Waals surface area contributed by atoms with Crippen molar-refractivity contribution in [1.29, 1.82) is 0 Å². The van der Waals surface area contributed by atoms with Crippen molar-refractivity contribution in [2.24, 2.45) is 11.8 Å². The lowest BCUT2D eigenvalue weighted by molar-refractivity contribution is -0.108. The molecule has 1 N–H and O–H groups in total. The summed E-state index contributed by atoms with van der Waals surface area (Å²) in [5.74, 6) is 0.0380. The van der Waals surface area contributed by atoms with E-state index in [1.165, 1.54) is 12.1 Å². The number of esters is 1. The van der Waals surface area contributed by atoms with Gasteiger partial charge in [-0.2, -0.15) is 0 Å². The molecule has 5 heteroatoms. The Balaban J connectivity index is 1.83. The Hall–Kier alpha value is -1.81. The largest absolute Gasteiger partial charge is 0.507 e. The summed E-state index contributed by atoms with van der Waals surface area (Å²) in [5, 5.41) is 9.18. The van der Waals surface area contributed by atoms with Gasteiger partial charge in [0, 0.05) is 5.57 Å². The molecule has 0 amide bonds. The van der Waals surface area contributed by atoms with Crippen molar-refractivity contribution < 1.29 is 19.4 Å². The molecule has 2 rings (SSSR count). The van der Waals surface area contributed by atoms with Crippen molar-refractivity contribution >= 4 is 22.8 Å². The van der Waals surface area contributed by atoms with Crippen molar-refractivity contribution in [3.63, 3.8) is 0 Å². The van der Waals surface area contributed by atoms with Gasteiger partial charge in [-0.1, -0.05) is 31.6 Å². The van der Waals surface area contributed by atoms with Crippen LogP contribution in [0.2, 0.25) is 0 Å². The maximum Gasteiger partial charge on any atom is 0.341 e. The van der Waals surface area contributed by atoms with Crippen molar-refractivity contribution in [2.45, 2.75) is 32.1 Å². The van der Waals surface area contributed by atoms with Crippen LogP contribution in [-0.4, -0.2) is 22.9 Å². The molecular weight excluding hydrogens is 316 g/mol. The summed E-state index contributed by atoms with van der Waals surface area (Å²) >= 11 is 5.44. The first-order valence-corrected chi connectivity index (χ1v) is 8.18. The van der Waals surface area contributed by atoms with Crippen LogP contribution in [-0.2, 0) is 9.53 Å². The van der Waals surface area contributed by atoms with E-state index in [2.05, 4.69) is 6.58 Å². The van der Waals surface area contributed by atoms with Crippen LogP contribution in [0.1, 0.15) is 42.5 Å². The molecule has 0 radical (unpaired) electrons. The lowest BCUT2D eigenvalue weighted by Gasteiger charge is -2.28. The Bertz CT molecular complexity index is 596. The van der Waals surface area contributed by atoms with Gasteiger partial charge in [0.15, 0.2) is 0 Å². The Morgan fingerprint density at radius 3 is 2.65 bits per heavy atom. The van der Waals surface area contributed by atoms with E-state index in [1.807, 2.05) is 0 Å². The highest BCUT2D eigenvalue weighted by Gasteiger charge is 2.25. The molecule has 0 spiro atoms. The molecule has 1 saturated carbocycles. The molecule has 1 aliphatic carbocycles. The van der Waals surface area contributed by atoms with Crippen LogP contribution in [0, 0.1) is 11.8 Å². The van der Waals surface area contributed by atoms with E-state index in [9.17, 15) is 14.7 Å². The number of hydrogen-bond donors (Lipinski definition) is 1. The third-order valence-corrected chi connectivity index (χ3v) is 4.55. The number of ether oxygens (including phenoxy) is 1. The zero-order valence-corrected chi connectivity index (χ0v) is 13.7. The SMILES string of the molecule is C=C(CC1CCCC(COC(=O)c2ccccc2O)C1)C(=O)Cl. The van der Waals surface area contributed by atoms with Crippen LogP contribution in [0.5, 0.6) is 5.75 Å². The summed E-state index contributed by atoms with van der Waals surface area (Å²) in [4.78, 5) is 23.1. The number of aromatic hydroxyl groups is 1. The summed E-state index contributed by atoms with van der Waals surface area (Å²) in [6, 6.07) is 6.34. The minimum atomic E-state index is -0.509. The molecule has 0 saturated heterocycles. The van der Waals surface area contributed by atoms with E-state index in [4.69, 9.17) is 16.3 Å². The smallest absolute Gasteiger partial charge is 0.341 e. The summed E-state index contributed by atoms with van der Waals surface area (Å²) < 4.78 is 5.33. The third-order valence-electron chi connectivity index (χ3n) is 4.28. The number of allylic oxidation sites excluding steroid dienone is 1. The number of rotatable bonds is 6. The van der Waals surface area contributed by atoms with Gasteiger partial charge in [-0.3, -0.25) is 4.79 Å². The molecule has 4 nitrogen and oxygen atoms in total. The number of carbonyl (C=O) groups excluding carboxylic acids is 2. The second-order valence-electron chi connectivity index (χ2n) is 6.10. The molecule has 0 aromatic heterocycles. The summed E-state index contributed by atoms with van der Waals surface area (Å²) in [5.41, 5.74) is 0.629. The minimum Gasteiger partial charge on any atom is -0.507 e. The van der Waals surface area contributed by atoms with Crippen molar-refractivity contribution in [3.05, 3.63) is 42.0 Å². The second kappa shape index (κ2) is 8.16. The van der Waals surface area contributed by atoms with Gasteiger partial charge < -0.3 is 9.84 Å². The molecule has 1 aromatic rings. The Morgan fingerprint density at radius 1 is 1.26 bits per heavy atom. The zero-order valence-electron chi connectivity index (χ0n) is 13.0. The number of benzene rings is 1. The van der Waals surface area contributed by atoms with Gasteiger partial charge in [-0.25, -0.2) is 4.79 Å². The van der Waals surface area contributed by atoms with Crippen molar-refractivity contribution in [3.8, 4) is 5.75 Å². The van der Waals surface area contributed by atoms with Gasteiger partial charge in [0.2, 0.25) is 5.24 Å². The van der Waals surface area contributed by atoms with Crippen LogP contribution < -0.4 is 0 Å². The van der Waals surface area contributed by atoms with Gasteiger partial charge in [0.05, 0.1) is 6.61 Å². The molecule has 0 bridgehead atoms. The van der Waals surface area contributed by atoms with Gasteiger partial charge in [-0.15, -0.1) is 0 Å². The van der Waals surface area contributed by atoms with E-state index in [0.29, 0.717) is 24.5 Å². The molecular formula is C18H21ClO4. The third kappa shape index (κ3) is 5.10. The Morgan fingerprint density at radius 2 is 1.96 bits per heavy atom. The maximum atomic E-state index is 12.0. The lowest BCUT2D eigenvalue weighted by Crippen LogP contribution is -2.22. The van der Waals surface area contributed by atoms with E-state index in [0.717, 1.165) is 25.7 Å². The number of carbonyl (C=O) groups is 2. The minimum absolute atomic E-state index is 0.0732. The van der Waals surface area contributed by atoms with E-state index in [-0.39, 0.29) is 17.2 Å². The normalized spacial score (nSPS) is 20.7. The van der Waals surface area contributed by atoms with Crippen LogP contribution in [0.3, 0.4) is 0 Å². The summed E-state index contributed by atoms with van der Waals surface area (Å²) in [6.45, 7) is 4.03. The maximum absolute atomic E-state index is 12.0. The highest BCUT2D eigenvalue weighted by molar-refractivity contribution is 6.67. The zero-order chi connectivity index (χ0) is 16.8. The Kier molecular flexibility index (Phi) is 6.22. The second-order valence-corrected chi connectivity index (χ2v) is 6.44. The fourth-order valence-corrected chi connectivity index (χ4v) is 3.16. The van der Waals surface area contributed by atoms with Crippen molar-refractivity contribution in [2.75, 3.05) is 6.61 Å². The molecule has 124 valence electrons. The summed E-state index contributed by atoms with van der Waals surface area (Å²) in [7, 11) is 0. The van der Waals surface area contributed by atoms with Gasteiger partial charge in [-0.05, 0) is 54.8 Å². The monoisotopic (exact) mass is 336 g/mol. The molecule has 0 aliphatic heterocycles. The Labute approximate surface area is 141 Å². The first-order chi connectivity index (χ1) is 11.0. The lowest BCUT2D eigenvalue weighted by atomic mass is 9.79. The molecule has 1 aromatic carbocycles. The summed E-state index contributed by atoms with van der Waals surface area (Å²) in [6.07, 6.45) is 4.55. The molecule has 2 atom stereocenters. The van der Waals surface area contributed by atoms with Crippen LogP contribution >= 0.6 is 11.6 Å². The van der Waals surface area contributed by atoms with Crippen LogP contribution in [0.25, 0.3) is 0 Å². The van der Waals surface area contributed by atoms with Crippen LogP contribution in [0.15, 0.2) is 36.4 Å². The first-order valence-electron chi connectivity index (χ1n) is 7.80. The van der Waals surface area contributed by atoms with E-state index < -0.39 is 11.2 Å². The average molecular weight is 337 g/mol. The molecule has 1 aliphatic rings. The molecule has 1 fully saturated rings. The molecule has 23 heavy (non-hydrogen) atoms. The van der Waals surface area contributed by atoms with Gasteiger partial charge in [0.1, 0.15) is 11.3 Å². The fourth-order valence-electron chi connectivity index (χ4n) is 3.09. The van der Waals surface area contributed by atoms with Gasteiger partial charge in [0.25, 0.3) is 0 Å². The number of para-hydroxylation sites is 1. The average Bonchev–Trinajstić information content (AvgIpc) is 2.53. The first kappa shape index (κ1) is 17.5. The quantitative estimate of drug-likeness (QED) is 0.483. The molecule has 0 heterocycles. The predicted octanol–water partition coefficient (Wildman–Crippen LogP) is 4.07. The highest BCUT2D eigenvalue weighted by atomic mass is 35.5. The number of phenolic OH excluding ortho intramolecular Hbond substituents is 1. The number of hydrogen-bond acceptors (Lipinski definition) is 4. The van der Waals surface area contributed by atoms with Crippen LogP contribution in [0.4, 0.5) is 0 Å². The predicted molar refractivity (Wildman–Crippen MR) is 88.5 cm³/mol. The highest BCUT2D eigenvalue weighted by Crippen LogP contribution is 2.33. The number of phenols is 1.